The van der Waals surface area contributed by atoms with Crippen LogP contribution in [-0.2, 0) is 73.5 Å². The van der Waals surface area contributed by atoms with Crippen LogP contribution in [0.5, 0.6) is 5.75 Å². The number of hydrogen-bond donors (Lipinski definition) is 12. The number of nitrogens with zero attached hydrogens (tertiary/aromatic N) is 2. The predicted molar refractivity (Wildman–Crippen MR) is 323 cm³/mol. The molecular formula is C61H89N11O18. The minimum absolute atomic E-state index is 0.0233. The van der Waals surface area contributed by atoms with Crippen molar-refractivity contribution < 1.29 is 87.2 Å². The zero-order chi connectivity index (χ0) is 66.3. The average molecular weight is 1260 g/mol. The molecule has 1 saturated carbocycles. The van der Waals surface area contributed by atoms with Crippen LogP contribution >= 0.6 is 0 Å². The molecule has 1 aromatic carbocycles. The number of ether oxygens (including phenoxy) is 1. The van der Waals surface area contributed by atoms with Gasteiger partial charge in [0.2, 0.25) is 41.4 Å². The maximum absolute atomic E-state index is 13.9. The molecular weight excluding hydrogens is 1170 g/mol. The molecule has 0 aromatic heterocycles. The number of nitrogens with two attached hydrogens (primary N) is 3. The zero-order valence-corrected chi connectivity index (χ0v) is 51.1. The van der Waals surface area contributed by atoms with Gasteiger partial charge in [-0.3, -0.25) is 62.5 Å². The summed E-state index contributed by atoms with van der Waals surface area (Å²) in [6.45, 7) is 0.637. The highest BCUT2D eigenvalue weighted by Gasteiger charge is 2.49. The molecule has 2 aliphatic carbocycles. The number of aromatic hydroxyl groups is 1. The highest BCUT2D eigenvalue weighted by Crippen LogP contribution is 2.52. The van der Waals surface area contributed by atoms with Crippen molar-refractivity contribution in [2.75, 3.05) is 39.4 Å². The molecule has 15 N–H and O–H groups in total. The Labute approximate surface area is 522 Å². The molecule has 9 atom stereocenters. The third-order valence-corrected chi connectivity index (χ3v) is 16.0. The summed E-state index contributed by atoms with van der Waals surface area (Å²) in [4.78, 5) is 186. The van der Waals surface area contributed by atoms with Crippen LogP contribution < -0.4 is 49.1 Å². The smallest absolute Gasteiger partial charge is 0.407 e. The Morgan fingerprint density at radius 2 is 1.18 bits per heavy atom. The first kappa shape index (κ1) is 73.8. The minimum Gasteiger partial charge on any atom is -0.508 e. The van der Waals surface area contributed by atoms with Gasteiger partial charge >= 0.3 is 12.1 Å². The van der Waals surface area contributed by atoms with Gasteiger partial charge in [-0.2, -0.15) is 0 Å². The Bertz CT molecular complexity index is 2750. The van der Waals surface area contributed by atoms with Crippen LogP contribution in [0, 0.1) is 23.7 Å². The van der Waals surface area contributed by atoms with Crippen LogP contribution in [0.3, 0.4) is 0 Å². The number of carboxylic acids is 1. The number of phenols is 1. The molecule has 496 valence electrons. The molecule has 0 radical (unpaired) electrons. The Kier molecular flexibility index (Phi) is 31.8. The second-order valence-electron chi connectivity index (χ2n) is 23.1. The fraction of sp³-hybridized carbons (Fsp3) is 0.623. The molecule has 0 bridgehead atoms. The van der Waals surface area contributed by atoms with Gasteiger partial charge in [0.25, 0.3) is 0 Å². The number of carbonyl (C=O) groups is 14. The number of benzene rings is 1. The largest absolute Gasteiger partial charge is 0.508 e. The topological polar surface area (TPSA) is 475 Å². The van der Waals surface area contributed by atoms with E-state index in [1.807, 2.05) is 0 Å². The summed E-state index contributed by atoms with van der Waals surface area (Å²) in [6.07, 6.45) is 4.73. The number of allylic oxidation sites excluding steroid dienone is 2. The van der Waals surface area contributed by atoms with Gasteiger partial charge in [-0.1, -0.05) is 24.3 Å². The number of unbranched alkanes of at least 4 members (excludes halogenated alkanes) is 1. The van der Waals surface area contributed by atoms with Crippen LogP contribution in [0.4, 0.5) is 4.79 Å². The number of rotatable bonds is 42. The first-order valence-electron chi connectivity index (χ1n) is 30.7. The van der Waals surface area contributed by atoms with Gasteiger partial charge < -0.3 is 78.9 Å². The molecule has 8 amide bonds. The summed E-state index contributed by atoms with van der Waals surface area (Å²) >= 11 is 0. The monoisotopic (exact) mass is 1260 g/mol. The lowest BCUT2D eigenvalue weighted by molar-refractivity contribution is -0.145. The molecule has 1 heterocycles. The fourth-order valence-corrected chi connectivity index (χ4v) is 11.0. The molecule has 1 aliphatic heterocycles. The number of hydrogen-bond acceptors (Lipinski definition) is 18. The van der Waals surface area contributed by atoms with Gasteiger partial charge in [0.1, 0.15) is 17.6 Å². The Morgan fingerprint density at radius 3 is 1.71 bits per heavy atom. The van der Waals surface area contributed by atoms with Gasteiger partial charge in [0.15, 0.2) is 29.1 Å². The Balaban J connectivity index is 1.34. The zero-order valence-electron chi connectivity index (χ0n) is 51.1. The average Bonchev–Trinajstić information content (AvgIpc) is 1.68. The number of carboxylic acid groups (broad SMARTS) is 1. The lowest BCUT2D eigenvalue weighted by atomic mass is 9.95. The summed E-state index contributed by atoms with van der Waals surface area (Å²) in [5, 5.41) is 44.8. The number of amides is 8. The summed E-state index contributed by atoms with van der Waals surface area (Å²) in [6, 6.07) is -0.588. The van der Waals surface area contributed by atoms with Crippen molar-refractivity contribution in [1.29, 1.82) is 0 Å². The number of Topliss-reactive ketones (excluding diaryl/α,β-unsaturated/α-hetero) is 5. The van der Waals surface area contributed by atoms with E-state index in [9.17, 15) is 82.4 Å². The number of aliphatic hydroxyl groups excluding tert-OH is 1. The van der Waals surface area contributed by atoms with E-state index in [0.717, 1.165) is 30.6 Å². The Morgan fingerprint density at radius 1 is 0.644 bits per heavy atom. The number of primary amides is 1. The van der Waals surface area contributed by atoms with Crippen LogP contribution in [0.15, 0.2) is 41.4 Å². The summed E-state index contributed by atoms with van der Waals surface area (Å²) < 4.78 is 5.50. The van der Waals surface area contributed by atoms with Crippen molar-refractivity contribution in [1.82, 2.24) is 36.8 Å². The first-order valence-corrected chi connectivity index (χ1v) is 30.7. The number of phenolic OH excluding ortho intramolecular Hbond substituents is 1. The van der Waals surface area contributed by atoms with Crippen LogP contribution in [0.2, 0.25) is 0 Å². The van der Waals surface area contributed by atoms with E-state index in [1.54, 1.807) is 0 Å². The summed E-state index contributed by atoms with van der Waals surface area (Å²) in [5.74, 6) is -10.1. The number of carbonyl (C=O) groups excluding carboxylic acids is 13. The third-order valence-electron chi connectivity index (χ3n) is 16.0. The molecule has 90 heavy (non-hydrogen) atoms. The first-order chi connectivity index (χ1) is 42.8. The lowest BCUT2D eigenvalue weighted by Crippen LogP contribution is -2.50. The second-order valence-corrected chi connectivity index (χ2v) is 23.1. The van der Waals surface area contributed by atoms with Crippen molar-refractivity contribution in [3.63, 3.8) is 0 Å². The standard InChI is InChI=1S/C61H89N11O18/c1-36(74)15-23-53(81)68-43(12-6-7-27-66-61(89)90-35-42-40-10-4-2-3-5-11-41(40)42)48(76)20-24-55(83)70-45(30-37-16-18-39(75)19-17-37)50(78)22-26-54(82)69-44(13-8-28-65-60(63)64)49(77)21-25-56(84)71-46(32-57(85)86)51(79)31-38(34-73)59(88)72-29-9-14-47(72)58(87)67-33-52(62)80/h2-3,16-19,38,40-47,73,75H,4-15,20-35H2,1H3,(H2,62,80)(H,66,89)(H,67,87)(H,68,81)(H,69,82)(H,70,83)(H,71,84)(H,85,86)(H4,63,64,65)/b3-2+/t38-,40-,41+,42?,43-,44-,45-,46-,47-/m0/s1. The van der Waals surface area contributed by atoms with Crippen molar-refractivity contribution in [2.45, 2.75) is 178 Å². The second kappa shape index (κ2) is 38.7. The number of aliphatic carboxylic acids is 1. The van der Waals surface area contributed by atoms with Crippen molar-refractivity contribution >= 4 is 88.3 Å². The maximum atomic E-state index is 13.9. The Hall–Kier alpha value is -8.63. The van der Waals surface area contributed by atoms with Crippen LogP contribution in [-0.4, -0.2) is 178 Å². The number of aliphatic imine (C=N–C) groups is 1. The fourth-order valence-electron chi connectivity index (χ4n) is 11.0. The molecule has 0 spiro atoms. The molecule has 4 rings (SSSR count). The normalized spacial score (nSPS) is 18.5. The number of nitrogens with one attached hydrogen (secondary N) is 6. The number of likely N-dealkylation sites (tertiary alicyclic amines) is 1. The van der Waals surface area contributed by atoms with Gasteiger partial charge in [0, 0.05) is 77.4 Å². The number of aliphatic hydroxyl groups is 1. The van der Waals surface area contributed by atoms with Gasteiger partial charge in [0.05, 0.1) is 56.3 Å². The number of guanidine groups is 1. The van der Waals surface area contributed by atoms with E-state index in [1.165, 1.54) is 31.2 Å². The van der Waals surface area contributed by atoms with Crippen molar-refractivity contribution in [2.24, 2.45) is 45.9 Å². The lowest BCUT2D eigenvalue weighted by Gasteiger charge is -2.28. The number of fused-ring (bicyclic) bond motifs is 1. The SMILES string of the molecule is CC(=O)CCC(=O)N[C@@H](CCCCNC(=O)OCC1[C@H]2CC/C=C/CC[C@@H]12)C(=O)CCC(=O)N[C@@H](Cc1ccc(O)cc1)C(=O)CCC(=O)N[C@@H](CCCN=C(N)N)C(=O)CCC(=O)N[C@@H](CC(=O)O)C(=O)C[C@@H](CO)C(=O)N1CCC[C@H]1C(=O)NCC(N)=O. The van der Waals surface area contributed by atoms with E-state index in [2.05, 4.69) is 49.0 Å². The van der Waals surface area contributed by atoms with E-state index < -0.39 is 171 Å². The van der Waals surface area contributed by atoms with Gasteiger partial charge in [-0.25, -0.2) is 4.79 Å². The molecule has 2 fully saturated rings. The third kappa shape index (κ3) is 27.4. The van der Waals surface area contributed by atoms with E-state index in [-0.39, 0.29) is 88.5 Å². The quantitative estimate of drug-likeness (QED) is 0.0176. The molecule has 1 saturated heterocycles. The van der Waals surface area contributed by atoms with Gasteiger partial charge in [-0.15, -0.1) is 0 Å². The van der Waals surface area contributed by atoms with Crippen LogP contribution in [0.1, 0.15) is 147 Å². The molecule has 29 nitrogen and oxygen atoms in total. The molecule has 29 heteroatoms. The summed E-state index contributed by atoms with van der Waals surface area (Å²) in [5.41, 5.74) is 16.5. The maximum Gasteiger partial charge on any atom is 0.407 e. The van der Waals surface area contributed by atoms with Gasteiger partial charge in [-0.05, 0) is 119 Å². The van der Waals surface area contributed by atoms with Crippen LogP contribution in [0.25, 0.3) is 0 Å². The number of alkyl carbamates (subject to hydrolysis) is 1. The van der Waals surface area contributed by atoms with Crippen molar-refractivity contribution in [3.8, 4) is 5.75 Å². The van der Waals surface area contributed by atoms with E-state index in [0.29, 0.717) is 49.2 Å². The summed E-state index contributed by atoms with van der Waals surface area (Å²) in [7, 11) is 0. The molecule has 3 aliphatic rings. The highest BCUT2D eigenvalue weighted by atomic mass is 16.5. The van der Waals surface area contributed by atoms with E-state index >= 15 is 0 Å². The predicted octanol–water partition coefficient (Wildman–Crippen LogP) is -0.132. The highest BCUT2D eigenvalue weighted by molar-refractivity contribution is 5.98. The van der Waals surface area contributed by atoms with E-state index in [4.69, 9.17) is 21.9 Å². The van der Waals surface area contributed by atoms with Crippen molar-refractivity contribution in [3.05, 3.63) is 42.0 Å². The number of ketones is 5. The minimum atomic E-state index is -1.72. The molecule has 1 unspecified atom stereocenters. The molecule has 1 aromatic rings.